The minimum absolute atomic E-state index is 0.241. The third-order valence-electron chi connectivity index (χ3n) is 2.39. The number of aromatic nitrogens is 2. The van der Waals surface area contributed by atoms with Crippen LogP contribution < -0.4 is 0 Å². The molecule has 2 rings (SSSR count). The van der Waals surface area contributed by atoms with Crippen LogP contribution in [0.15, 0.2) is 35.3 Å². The number of halogens is 3. The van der Waals surface area contributed by atoms with E-state index in [4.69, 9.17) is 0 Å². The second-order valence-electron chi connectivity index (χ2n) is 3.80. The Morgan fingerprint density at radius 2 is 1.89 bits per heavy atom. The van der Waals surface area contributed by atoms with Gasteiger partial charge in [0.1, 0.15) is 5.69 Å². The number of aryl methyl sites for hydroxylation is 1. The first-order valence-electron chi connectivity index (χ1n) is 5.24. The van der Waals surface area contributed by atoms with Gasteiger partial charge in [-0.05, 0) is 37.3 Å². The summed E-state index contributed by atoms with van der Waals surface area (Å²) in [5.74, 6) is 0. The van der Waals surface area contributed by atoms with Crippen molar-refractivity contribution in [3.8, 4) is 5.69 Å². The first kappa shape index (κ1) is 13.0. The van der Waals surface area contributed by atoms with Crippen molar-refractivity contribution in [1.82, 2.24) is 9.78 Å². The molecule has 7 heteroatoms. The van der Waals surface area contributed by atoms with Gasteiger partial charge < -0.3 is 0 Å². The fourth-order valence-electron chi connectivity index (χ4n) is 1.62. The molecule has 1 aromatic heterocycles. The van der Waals surface area contributed by atoms with Gasteiger partial charge >= 0.3 is 6.18 Å². The molecule has 0 fully saturated rings. The summed E-state index contributed by atoms with van der Waals surface area (Å²) < 4.78 is 39.3. The Morgan fingerprint density at radius 3 is 2.42 bits per heavy atom. The van der Waals surface area contributed by atoms with Gasteiger partial charge in [0.15, 0.2) is 0 Å². The fourth-order valence-corrected chi connectivity index (χ4v) is 1.62. The molecular weight excluding hydrogens is 259 g/mol. The van der Waals surface area contributed by atoms with Crippen molar-refractivity contribution in [2.24, 2.45) is 4.99 Å². The Bertz CT molecular complexity index is 637. The van der Waals surface area contributed by atoms with Crippen molar-refractivity contribution in [1.29, 1.82) is 0 Å². The highest BCUT2D eigenvalue weighted by molar-refractivity contribution is 5.51. The number of benzene rings is 1. The Balaban J connectivity index is 2.50. The molecule has 1 aromatic carbocycles. The molecule has 0 atom stereocenters. The summed E-state index contributed by atoms with van der Waals surface area (Å²) in [5.41, 5.74) is -0.0274. The molecule has 0 aliphatic heterocycles. The third kappa shape index (κ3) is 2.71. The molecule has 0 unspecified atom stereocenters. The van der Waals surface area contributed by atoms with E-state index >= 15 is 0 Å². The Kier molecular flexibility index (Phi) is 3.23. The number of isocyanates is 1. The van der Waals surface area contributed by atoms with Gasteiger partial charge in [0.2, 0.25) is 6.08 Å². The molecule has 0 spiro atoms. The summed E-state index contributed by atoms with van der Waals surface area (Å²) in [6, 6.07) is 6.60. The predicted octanol–water partition coefficient (Wildman–Crippen LogP) is 3.17. The zero-order valence-electron chi connectivity index (χ0n) is 9.77. The second kappa shape index (κ2) is 4.70. The Morgan fingerprint density at radius 1 is 1.26 bits per heavy atom. The third-order valence-corrected chi connectivity index (χ3v) is 2.39. The molecule has 0 aliphatic carbocycles. The number of hydrogen-bond acceptors (Lipinski definition) is 3. The van der Waals surface area contributed by atoms with Crippen LogP contribution >= 0.6 is 0 Å². The van der Waals surface area contributed by atoms with Gasteiger partial charge in [-0.3, -0.25) is 0 Å². The van der Waals surface area contributed by atoms with Crippen LogP contribution in [0.4, 0.5) is 18.9 Å². The van der Waals surface area contributed by atoms with Crippen molar-refractivity contribution < 1.29 is 18.0 Å². The van der Waals surface area contributed by atoms with E-state index in [0.29, 0.717) is 5.69 Å². The van der Waals surface area contributed by atoms with E-state index in [1.165, 1.54) is 37.3 Å². The van der Waals surface area contributed by atoms with Crippen molar-refractivity contribution in [3.63, 3.8) is 0 Å². The van der Waals surface area contributed by atoms with Crippen molar-refractivity contribution in [3.05, 3.63) is 41.7 Å². The molecule has 0 radical (unpaired) electrons. The van der Waals surface area contributed by atoms with E-state index in [-0.39, 0.29) is 11.4 Å². The second-order valence-corrected chi connectivity index (χ2v) is 3.80. The lowest BCUT2D eigenvalue weighted by Crippen LogP contribution is -2.13. The van der Waals surface area contributed by atoms with Crippen LogP contribution in [0.25, 0.3) is 5.69 Å². The number of carbonyl (C=O) groups excluding carboxylic acids is 1. The number of aliphatic imine (C=N–C) groups is 1. The van der Waals surface area contributed by atoms with E-state index in [0.717, 1.165) is 10.7 Å². The van der Waals surface area contributed by atoms with E-state index < -0.39 is 11.9 Å². The first-order valence-corrected chi connectivity index (χ1v) is 5.24. The van der Waals surface area contributed by atoms with Crippen molar-refractivity contribution in [2.45, 2.75) is 13.1 Å². The van der Waals surface area contributed by atoms with Crippen LogP contribution in [0, 0.1) is 6.92 Å². The zero-order chi connectivity index (χ0) is 14.0. The van der Waals surface area contributed by atoms with Gasteiger partial charge in [0, 0.05) is 0 Å². The van der Waals surface area contributed by atoms with Gasteiger partial charge in [-0.1, -0.05) is 0 Å². The van der Waals surface area contributed by atoms with Crippen molar-refractivity contribution in [2.75, 3.05) is 0 Å². The smallest absolute Gasteiger partial charge is 0.228 e. The van der Waals surface area contributed by atoms with E-state index in [1.54, 1.807) is 0 Å². The van der Waals surface area contributed by atoms with E-state index in [1.807, 2.05) is 0 Å². The van der Waals surface area contributed by atoms with Gasteiger partial charge in [-0.25, -0.2) is 9.48 Å². The molecule has 98 valence electrons. The lowest BCUT2D eigenvalue weighted by atomic mass is 10.2. The number of rotatable bonds is 2. The van der Waals surface area contributed by atoms with Crippen molar-refractivity contribution >= 4 is 11.8 Å². The van der Waals surface area contributed by atoms with Crippen LogP contribution in [-0.2, 0) is 11.0 Å². The molecule has 19 heavy (non-hydrogen) atoms. The molecular formula is C12H8F3N3O. The van der Waals surface area contributed by atoms with Crippen LogP contribution in [0.2, 0.25) is 0 Å². The van der Waals surface area contributed by atoms with E-state index in [2.05, 4.69) is 10.1 Å². The topological polar surface area (TPSA) is 47.2 Å². The van der Waals surface area contributed by atoms with Gasteiger partial charge in [0.05, 0.1) is 17.1 Å². The summed E-state index contributed by atoms with van der Waals surface area (Å²) in [5, 5.41) is 3.81. The normalized spacial score (nSPS) is 11.2. The van der Waals surface area contributed by atoms with Gasteiger partial charge in [-0.2, -0.15) is 23.3 Å². The highest BCUT2D eigenvalue weighted by Crippen LogP contribution is 2.31. The lowest BCUT2D eigenvalue weighted by molar-refractivity contribution is -0.142. The molecule has 4 nitrogen and oxygen atoms in total. The number of nitrogens with zero attached hydrogens (tertiary/aromatic N) is 3. The zero-order valence-corrected chi connectivity index (χ0v) is 9.77. The minimum atomic E-state index is -4.49. The Hall–Kier alpha value is -2.40. The SMILES string of the molecule is Cc1cc(C(F)(F)F)n(-c2ccc(N=C=O)cc2)n1. The molecule has 0 saturated carbocycles. The van der Waals surface area contributed by atoms with Crippen LogP contribution in [0.5, 0.6) is 0 Å². The van der Waals surface area contributed by atoms with Crippen LogP contribution in [-0.4, -0.2) is 15.9 Å². The average molecular weight is 267 g/mol. The maximum Gasteiger partial charge on any atom is 0.433 e. The summed E-state index contributed by atoms with van der Waals surface area (Å²) in [4.78, 5) is 13.4. The summed E-state index contributed by atoms with van der Waals surface area (Å²) in [7, 11) is 0. The largest absolute Gasteiger partial charge is 0.433 e. The lowest BCUT2D eigenvalue weighted by Gasteiger charge is -2.10. The quantitative estimate of drug-likeness (QED) is 0.619. The highest BCUT2D eigenvalue weighted by atomic mass is 19.4. The standard InChI is InChI=1S/C12H8F3N3O/c1-8-6-11(12(13,14)15)18(17-8)10-4-2-9(3-5-10)16-7-19/h2-6H,1H3. The van der Waals surface area contributed by atoms with Gasteiger partial charge in [-0.15, -0.1) is 0 Å². The van der Waals surface area contributed by atoms with Crippen LogP contribution in [0.1, 0.15) is 11.4 Å². The minimum Gasteiger partial charge on any atom is -0.228 e. The monoisotopic (exact) mass is 267 g/mol. The predicted molar refractivity (Wildman–Crippen MR) is 61.1 cm³/mol. The molecule has 2 aromatic rings. The van der Waals surface area contributed by atoms with Gasteiger partial charge in [0.25, 0.3) is 0 Å². The van der Waals surface area contributed by atoms with Crippen LogP contribution in [0.3, 0.4) is 0 Å². The summed E-state index contributed by atoms with van der Waals surface area (Å²) in [6.07, 6.45) is -3.13. The summed E-state index contributed by atoms with van der Waals surface area (Å²) in [6.45, 7) is 1.48. The molecule has 0 amide bonds. The number of hydrogen-bond donors (Lipinski definition) is 0. The first-order chi connectivity index (χ1) is 8.91. The molecule has 0 saturated heterocycles. The number of alkyl halides is 3. The summed E-state index contributed by atoms with van der Waals surface area (Å²) >= 11 is 0. The molecule has 1 heterocycles. The maximum atomic E-state index is 12.8. The Labute approximate surface area is 106 Å². The molecule has 0 aliphatic rings. The van der Waals surface area contributed by atoms with E-state index in [9.17, 15) is 18.0 Å². The molecule has 0 bridgehead atoms. The highest BCUT2D eigenvalue weighted by Gasteiger charge is 2.35. The fraction of sp³-hybridized carbons (Fsp3) is 0.167. The average Bonchev–Trinajstić information content (AvgIpc) is 2.73. The molecule has 0 N–H and O–H groups in total. The maximum absolute atomic E-state index is 12.8.